The number of rotatable bonds is 3. The van der Waals surface area contributed by atoms with Crippen LogP contribution in [-0.4, -0.2) is 11.0 Å². The molecule has 0 heterocycles. The average molecular weight is 202 g/mol. The first-order valence-corrected chi connectivity index (χ1v) is 4.12. The topological polar surface area (TPSA) is 52.4 Å². The first-order chi connectivity index (χ1) is 6.15. The van der Waals surface area contributed by atoms with Crippen molar-refractivity contribution in [1.82, 2.24) is 0 Å². The molecule has 13 heavy (non-hydrogen) atoms. The molecule has 0 aromatic heterocycles. The van der Waals surface area contributed by atoms with Crippen molar-refractivity contribution in [1.29, 1.82) is 0 Å². The van der Waals surface area contributed by atoms with E-state index in [4.69, 9.17) is 16.3 Å². The van der Waals surface area contributed by atoms with E-state index in [1.165, 1.54) is 18.2 Å². The first-order valence-electron chi connectivity index (χ1n) is 3.59. The Hall–Kier alpha value is -1.29. The van der Waals surface area contributed by atoms with Gasteiger partial charge in [-0.3, -0.25) is 10.1 Å². The molecule has 0 unspecified atom stereocenters. The Bertz CT molecular complexity index is 327. The Balaban J connectivity index is 2.98. The van der Waals surface area contributed by atoms with Crippen LogP contribution in [0.2, 0.25) is 0 Å². The summed E-state index contributed by atoms with van der Waals surface area (Å²) in [6.45, 7) is 1.73. The van der Waals surface area contributed by atoms with E-state index in [0.717, 1.165) is 0 Å². The van der Waals surface area contributed by atoms with E-state index in [2.05, 4.69) is 0 Å². The van der Waals surface area contributed by atoms with E-state index < -0.39 is 4.92 Å². The lowest BCUT2D eigenvalue weighted by Crippen LogP contribution is -1.94. The van der Waals surface area contributed by atoms with Gasteiger partial charge in [0, 0.05) is 12.1 Å². The van der Waals surface area contributed by atoms with Crippen molar-refractivity contribution in [3.8, 4) is 5.75 Å². The number of ether oxygens (including phenoxy) is 1. The van der Waals surface area contributed by atoms with Crippen LogP contribution in [0.4, 0.5) is 5.69 Å². The summed E-state index contributed by atoms with van der Waals surface area (Å²) in [4.78, 5) is 9.91. The normalized spacial score (nSPS) is 9.69. The van der Waals surface area contributed by atoms with Gasteiger partial charge >= 0.3 is 0 Å². The van der Waals surface area contributed by atoms with Crippen LogP contribution >= 0.6 is 11.6 Å². The number of nitro benzene ring substituents is 1. The Kier molecular flexibility index (Phi) is 3.08. The maximum absolute atomic E-state index is 10.4. The zero-order valence-electron chi connectivity index (χ0n) is 6.99. The van der Waals surface area contributed by atoms with Crippen molar-refractivity contribution in [2.24, 2.45) is 0 Å². The van der Waals surface area contributed by atoms with Crippen molar-refractivity contribution < 1.29 is 9.66 Å². The minimum absolute atomic E-state index is 0.0403. The fourth-order valence-corrected chi connectivity index (χ4v) is 1.09. The molecule has 0 aliphatic heterocycles. The van der Waals surface area contributed by atoms with Gasteiger partial charge < -0.3 is 4.74 Å². The first kappa shape index (κ1) is 9.80. The number of hydrogen-bond donors (Lipinski definition) is 0. The number of halogens is 1. The molecule has 0 atom stereocenters. The fourth-order valence-electron chi connectivity index (χ4n) is 0.968. The molecule has 4 nitrogen and oxygen atoms in total. The number of benzene rings is 1. The molecule has 0 saturated heterocycles. The highest BCUT2D eigenvalue weighted by atomic mass is 35.5. The summed E-state index contributed by atoms with van der Waals surface area (Å²) in [5, 5.41) is 10.4. The molecule has 1 aromatic carbocycles. The number of hydrogen-bond acceptors (Lipinski definition) is 3. The maximum atomic E-state index is 10.4. The molecule has 70 valence electrons. The van der Waals surface area contributed by atoms with Gasteiger partial charge in [-0.05, 0) is 18.6 Å². The minimum Gasteiger partial charge on any atom is -0.478 e. The maximum Gasteiger partial charge on any atom is 0.269 e. The molecular formula is C8H8ClNO3. The van der Waals surface area contributed by atoms with Gasteiger partial charge in [0.15, 0.2) is 6.07 Å². The lowest BCUT2D eigenvalue weighted by Gasteiger charge is -2.04. The van der Waals surface area contributed by atoms with Crippen LogP contribution in [0.1, 0.15) is 5.56 Å². The zero-order chi connectivity index (χ0) is 9.84. The highest BCUT2D eigenvalue weighted by molar-refractivity contribution is 6.17. The number of nitrogens with zero attached hydrogens (tertiary/aromatic N) is 1. The summed E-state index contributed by atoms with van der Waals surface area (Å²) in [6, 6.07) is 4.41. The summed E-state index contributed by atoms with van der Waals surface area (Å²) in [5.74, 6) is 0.570. The van der Waals surface area contributed by atoms with Gasteiger partial charge in [0.1, 0.15) is 5.75 Å². The third-order valence-corrected chi connectivity index (χ3v) is 1.69. The molecule has 0 N–H and O–H groups in total. The molecule has 0 aliphatic carbocycles. The Morgan fingerprint density at radius 2 is 2.31 bits per heavy atom. The third-order valence-electron chi connectivity index (χ3n) is 1.58. The van der Waals surface area contributed by atoms with Crippen molar-refractivity contribution in [2.75, 3.05) is 6.07 Å². The highest BCUT2D eigenvalue weighted by Crippen LogP contribution is 2.23. The van der Waals surface area contributed by atoms with Crippen molar-refractivity contribution in [3.05, 3.63) is 33.9 Å². The van der Waals surface area contributed by atoms with E-state index >= 15 is 0 Å². The van der Waals surface area contributed by atoms with E-state index in [0.29, 0.717) is 11.3 Å². The molecule has 0 spiro atoms. The Morgan fingerprint density at radius 1 is 1.62 bits per heavy atom. The molecule has 0 bridgehead atoms. The van der Waals surface area contributed by atoms with E-state index in [-0.39, 0.29) is 11.8 Å². The number of aryl methyl sites for hydroxylation is 1. The lowest BCUT2D eigenvalue weighted by molar-refractivity contribution is -0.384. The molecule has 0 radical (unpaired) electrons. The standard InChI is InChI=1S/C8H8ClNO3/c1-6-4-7(10(11)12)2-3-8(6)13-5-9/h2-4H,5H2,1H3. The van der Waals surface area contributed by atoms with Crippen LogP contribution in [0.25, 0.3) is 0 Å². The van der Waals surface area contributed by atoms with Gasteiger partial charge in [-0.25, -0.2) is 0 Å². The van der Waals surface area contributed by atoms with Gasteiger partial charge in [0.05, 0.1) is 4.92 Å². The molecule has 1 aromatic rings. The predicted octanol–water partition coefficient (Wildman–Crippen LogP) is 2.48. The summed E-state index contributed by atoms with van der Waals surface area (Å²) in [5.41, 5.74) is 0.759. The van der Waals surface area contributed by atoms with Crippen LogP contribution in [0, 0.1) is 17.0 Å². The quantitative estimate of drug-likeness (QED) is 0.429. The number of non-ortho nitro benzene ring substituents is 1. The second-order valence-corrected chi connectivity index (χ2v) is 2.68. The van der Waals surface area contributed by atoms with Gasteiger partial charge in [-0.15, -0.1) is 0 Å². The van der Waals surface area contributed by atoms with E-state index in [1.807, 2.05) is 0 Å². The number of nitro groups is 1. The summed E-state index contributed by atoms with van der Waals surface area (Å²) in [6.07, 6.45) is 0. The highest BCUT2D eigenvalue weighted by Gasteiger charge is 2.07. The monoisotopic (exact) mass is 201 g/mol. The smallest absolute Gasteiger partial charge is 0.269 e. The van der Waals surface area contributed by atoms with Crippen LogP contribution in [0.15, 0.2) is 18.2 Å². The van der Waals surface area contributed by atoms with Crippen LogP contribution in [0.3, 0.4) is 0 Å². The van der Waals surface area contributed by atoms with Crippen LogP contribution in [0.5, 0.6) is 5.75 Å². The molecule has 0 aliphatic rings. The summed E-state index contributed by atoms with van der Waals surface area (Å²) < 4.78 is 5.01. The van der Waals surface area contributed by atoms with Crippen LogP contribution in [-0.2, 0) is 0 Å². The van der Waals surface area contributed by atoms with Crippen molar-refractivity contribution in [2.45, 2.75) is 6.92 Å². The van der Waals surface area contributed by atoms with E-state index in [1.54, 1.807) is 6.92 Å². The third kappa shape index (κ3) is 2.32. The van der Waals surface area contributed by atoms with Crippen molar-refractivity contribution >= 4 is 17.3 Å². The minimum atomic E-state index is -0.447. The average Bonchev–Trinajstić information content (AvgIpc) is 2.08. The van der Waals surface area contributed by atoms with Gasteiger partial charge in [-0.1, -0.05) is 11.6 Å². The Labute approximate surface area is 80.2 Å². The lowest BCUT2D eigenvalue weighted by atomic mass is 10.2. The van der Waals surface area contributed by atoms with Crippen LogP contribution < -0.4 is 4.74 Å². The van der Waals surface area contributed by atoms with E-state index in [9.17, 15) is 10.1 Å². The molecule has 0 amide bonds. The second kappa shape index (κ2) is 4.09. The largest absolute Gasteiger partial charge is 0.478 e. The summed E-state index contributed by atoms with van der Waals surface area (Å²) >= 11 is 5.35. The van der Waals surface area contributed by atoms with Crippen molar-refractivity contribution in [3.63, 3.8) is 0 Å². The van der Waals surface area contributed by atoms with Gasteiger partial charge in [0.25, 0.3) is 5.69 Å². The fraction of sp³-hybridized carbons (Fsp3) is 0.250. The second-order valence-electron chi connectivity index (χ2n) is 2.46. The SMILES string of the molecule is Cc1cc([N+](=O)[O-])ccc1OCCl. The van der Waals surface area contributed by atoms with Gasteiger partial charge in [-0.2, -0.15) is 0 Å². The molecule has 0 saturated carbocycles. The number of alkyl halides is 1. The molecule has 5 heteroatoms. The molecule has 0 fully saturated rings. The Morgan fingerprint density at radius 3 is 2.77 bits per heavy atom. The predicted molar refractivity (Wildman–Crippen MR) is 49.2 cm³/mol. The van der Waals surface area contributed by atoms with Gasteiger partial charge in [0.2, 0.25) is 0 Å². The summed E-state index contributed by atoms with van der Waals surface area (Å²) in [7, 11) is 0. The molecule has 1 rings (SSSR count). The molecular weight excluding hydrogens is 194 g/mol. The zero-order valence-corrected chi connectivity index (χ0v) is 7.75.